The SMILES string of the molecule is COc1ccc(CNC(=O)NC2CC3(C2)CC(C(=O)N[C@H]2CCCc4ccccc42)C3)cc1. The van der Waals surface area contributed by atoms with E-state index in [1.54, 1.807) is 7.11 Å². The number of rotatable bonds is 6. The second kappa shape index (κ2) is 9.08. The van der Waals surface area contributed by atoms with Crippen molar-refractivity contribution >= 4 is 11.9 Å². The second-order valence-corrected chi connectivity index (χ2v) is 10.0. The first-order chi connectivity index (χ1) is 16.0. The van der Waals surface area contributed by atoms with E-state index in [1.807, 2.05) is 24.3 Å². The molecule has 1 spiro atoms. The summed E-state index contributed by atoms with van der Waals surface area (Å²) in [5.41, 5.74) is 3.95. The van der Waals surface area contributed by atoms with Crippen LogP contribution in [0.4, 0.5) is 4.79 Å². The number of fused-ring (bicyclic) bond motifs is 1. The Kier molecular flexibility index (Phi) is 6.00. The van der Waals surface area contributed by atoms with Crippen LogP contribution in [0.2, 0.25) is 0 Å². The first-order valence-corrected chi connectivity index (χ1v) is 12.1. The Hall–Kier alpha value is -3.02. The number of hydrogen-bond donors (Lipinski definition) is 3. The molecule has 0 heterocycles. The van der Waals surface area contributed by atoms with Gasteiger partial charge in [0.05, 0.1) is 13.2 Å². The Labute approximate surface area is 195 Å². The molecule has 3 aliphatic carbocycles. The molecule has 2 fully saturated rings. The summed E-state index contributed by atoms with van der Waals surface area (Å²) in [7, 11) is 1.64. The smallest absolute Gasteiger partial charge is 0.315 e. The van der Waals surface area contributed by atoms with Crippen LogP contribution in [0.3, 0.4) is 0 Å². The first-order valence-electron chi connectivity index (χ1n) is 12.1. The minimum Gasteiger partial charge on any atom is -0.497 e. The van der Waals surface area contributed by atoms with Crippen LogP contribution in [-0.2, 0) is 17.8 Å². The van der Waals surface area contributed by atoms with E-state index in [2.05, 4.69) is 40.2 Å². The molecule has 2 saturated carbocycles. The molecule has 174 valence electrons. The van der Waals surface area contributed by atoms with Crippen LogP contribution in [0.5, 0.6) is 5.75 Å². The molecule has 6 heteroatoms. The minimum atomic E-state index is -0.129. The first kappa shape index (κ1) is 21.8. The molecule has 2 aromatic rings. The van der Waals surface area contributed by atoms with Crippen molar-refractivity contribution in [2.75, 3.05) is 7.11 Å². The fourth-order valence-electron chi connectivity index (χ4n) is 5.95. The third-order valence-corrected chi connectivity index (χ3v) is 7.72. The van der Waals surface area contributed by atoms with Crippen LogP contribution in [0, 0.1) is 11.3 Å². The predicted octanol–water partition coefficient (Wildman–Crippen LogP) is 4.25. The topological polar surface area (TPSA) is 79.5 Å². The van der Waals surface area contributed by atoms with Crippen molar-refractivity contribution in [3.05, 3.63) is 65.2 Å². The molecule has 3 aliphatic rings. The Bertz CT molecular complexity index is 1010. The summed E-state index contributed by atoms with van der Waals surface area (Å²) in [4.78, 5) is 25.1. The van der Waals surface area contributed by atoms with Gasteiger partial charge in [-0.1, -0.05) is 36.4 Å². The molecule has 0 aliphatic heterocycles. The van der Waals surface area contributed by atoms with Crippen LogP contribution in [0.25, 0.3) is 0 Å². The van der Waals surface area contributed by atoms with Crippen molar-refractivity contribution in [2.24, 2.45) is 11.3 Å². The van der Waals surface area contributed by atoms with Gasteiger partial charge in [-0.15, -0.1) is 0 Å². The van der Waals surface area contributed by atoms with E-state index in [-0.39, 0.29) is 35.4 Å². The van der Waals surface area contributed by atoms with E-state index in [9.17, 15) is 9.59 Å². The average Bonchev–Trinajstić information content (AvgIpc) is 2.79. The van der Waals surface area contributed by atoms with Crippen molar-refractivity contribution in [3.63, 3.8) is 0 Å². The largest absolute Gasteiger partial charge is 0.497 e. The summed E-state index contributed by atoms with van der Waals surface area (Å²) in [5.74, 6) is 1.12. The Morgan fingerprint density at radius 1 is 1.00 bits per heavy atom. The maximum absolute atomic E-state index is 12.9. The number of ether oxygens (including phenoxy) is 1. The van der Waals surface area contributed by atoms with E-state index in [0.717, 1.165) is 56.3 Å². The van der Waals surface area contributed by atoms with Gasteiger partial charge in [0.1, 0.15) is 5.75 Å². The number of methoxy groups -OCH3 is 1. The van der Waals surface area contributed by atoms with Crippen molar-refractivity contribution < 1.29 is 14.3 Å². The van der Waals surface area contributed by atoms with Gasteiger partial charge in [0, 0.05) is 18.5 Å². The normalized spacial score (nSPS) is 27.5. The lowest BCUT2D eigenvalue weighted by Crippen LogP contribution is -2.59. The highest BCUT2D eigenvalue weighted by atomic mass is 16.5. The van der Waals surface area contributed by atoms with Crippen LogP contribution < -0.4 is 20.7 Å². The van der Waals surface area contributed by atoms with Crippen molar-refractivity contribution in [1.82, 2.24) is 16.0 Å². The van der Waals surface area contributed by atoms with Crippen LogP contribution in [0.15, 0.2) is 48.5 Å². The summed E-state index contributed by atoms with van der Waals surface area (Å²) < 4.78 is 5.15. The molecule has 5 rings (SSSR count). The summed E-state index contributed by atoms with van der Waals surface area (Å²) in [6.07, 6.45) is 7.09. The number of amides is 3. The third kappa shape index (κ3) is 4.70. The van der Waals surface area contributed by atoms with E-state index in [0.29, 0.717) is 6.54 Å². The van der Waals surface area contributed by atoms with Gasteiger partial charge in [-0.3, -0.25) is 4.79 Å². The lowest BCUT2D eigenvalue weighted by Gasteiger charge is -2.57. The van der Waals surface area contributed by atoms with Gasteiger partial charge in [0.15, 0.2) is 0 Å². The van der Waals surface area contributed by atoms with Gasteiger partial charge in [-0.05, 0) is 79.2 Å². The number of urea groups is 1. The molecule has 1 atom stereocenters. The number of carbonyl (C=O) groups is 2. The van der Waals surface area contributed by atoms with E-state index in [4.69, 9.17) is 4.74 Å². The van der Waals surface area contributed by atoms with Crippen molar-refractivity contribution in [2.45, 2.75) is 63.6 Å². The zero-order valence-electron chi connectivity index (χ0n) is 19.2. The van der Waals surface area contributed by atoms with Crippen LogP contribution >= 0.6 is 0 Å². The quantitative estimate of drug-likeness (QED) is 0.620. The minimum absolute atomic E-state index is 0.115. The molecule has 33 heavy (non-hydrogen) atoms. The highest BCUT2D eigenvalue weighted by Gasteiger charge is 2.55. The molecule has 0 saturated heterocycles. The second-order valence-electron chi connectivity index (χ2n) is 10.0. The monoisotopic (exact) mass is 447 g/mol. The van der Waals surface area contributed by atoms with Crippen LogP contribution in [0.1, 0.15) is 61.3 Å². The van der Waals surface area contributed by atoms with E-state index in [1.165, 1.54) is 11.1 Å². The average molecular weight is 448 g/mol. The standard InChI is InChI=1S/C27H33N3O3/c1-33-22-11-9-18(10-12-22)17-28-26(32)29-21-15-27(16-21)13-20(14-27)25(31)30-24-8-4-6-19-5-2-3-7-23(19)24/h2-3,5,7,9-12,20-21,24H,4,6,8,13-17H2,1H3,(H,30,31)(H2,28,29,32)/t20?,21?,24-,27?/m0/s1. The number of aryl methyl sites for hydroxylation is 1. The van der Waals surface area contributed by atoms with E-state index < -0.39 is 0 Å². The molecule has 0 aromatic heterocycles. The summed E-state index contributed by atoms with van der Waals surface area (Å²) >= 11 is 0. The van der Waals surface area contributed by atoms with Gasteiger partial charge < -0.3 is 20.7 Å². The predicted molar refractivity (Wildman–Crippen MR) is 127 cm³/mol. The molecule has 0 bridgehead atoms. The van der Waals surface area contributed by atoms with Gasteiger partial charge in [-0.2, -0.15) is 0 Å². The number of carbonyl (C=O) groups excluding carboxylic acids is 2. The van der Waals surface area contributed by atoms with E-state index >= 15 is 0 Å². The fourth-order valence-corrected chi connectivity index (χ4v) is 5.95. The number of hydrogen-bond acceptors (Lipinski definition) is 3. The lowest BCUT2D eigenvalue weighted by atomic mass is 9.50. The van der Waals surface area contributed by atoms with Gasteiger partial charge >= 0.3 is 6.03 Å². The van der Waals surface area contributed by atoms with Gasteiger partial charge in [0.2, 0.25) is 5.91 Å². The maximum atomic E-state index is 12.9. The Morgan fingerprint density at radius 2 is 1.76 bits per heavy atom. The lowest BCUT2D eigenvalue weighted by molar-refractivity contribution is -0.139. The Morgan fingerprint density at radius 3 is 2.52 bits per heavy atom. The summed E-state index contributed by atoms with van der Waals surface area (Å²) in [5, 5.41) is 9.32. The van der Waals surface area contributed by atoms with Crippen molar-refractivity contribution in [3.8, 4) is 5.75 Å². The molecule has 2 aromatic carbocycles. The molecule has 3 amide bonds. The third-order valence-electron chi connectivity index (χ3n) is 7.72. The molecule has 6 nitrogen and oxygen atoms in total. The van der Waals surface area contributed by atoms with Gasteiger partial charge in [0.25, 0.3) is 0 Å². The number of benzene rings is 2. The number of nitrogens with one attached hydrogen (secondary N) is 3. The molecule has 0 radical (unpaired) electrons. The maximum Gasteiger partial charge on any atom is 0.315 e. The van der Waals surface area contributed by atoms with Crippen LogP contribution in [-0.4, -0.2) is 25.1 Å². The molecular formula is C27H33N3O3. The highest BCUT2D eigenvalue weighted by Crippen LogP contribution is 2.58. The summed E-state index contributed by atoms with van der Waals surface area (Å²) in [6, 6.07) is 16.4. The van der Waals surface area contributed by atoms with Gasteiger partial charge in [-0.25, -0.2) is 4.79 Å². The molecular weight excluding hydrogens is 414 g/mol. The summed E-state index contributed by atoms with van der Waals surface area (Å²) in [6.45, 7) is 0.486. The zero-order chi connectivity index (χ0) is 22.8. The Balaban J connectivity index is 1.02. The molecule has 3 N–H and O–H groups in total. The highest BCUT2D eigenvalue weighted by molar-refractivity contribution is 5.80. The molecule has 0 unspecified atom stereocenters. The van der Waals surface area contributed by atoms with Crippen molar-refractivity contribution in [1.29, 1.82) is 0 Å². The zero-order valence-corrected chi connectivity index (χ0v) is 19.2. The fraction of sp³-hybridized carbons (Fsp3) is 0.481.